The number of carboxylic acids is 1. The third-order valence-electron chi connectivity index (χ3n) is 23.3. The first kappa shape index (κ1) is 112. The summed E-state index contributed by atoms with van der Waals surface area (Å²) in [7, 11) is 0. The van der Waals surface area contributed by atoms with Crippen molar-refractivity contribution in [2.45, 2.75) is 241 Å². The zero-order chi connectivity index (χ0) is 101. The molecule has 48 nitrogen and oxygen atoms in total. The third-order valence-corrected chi connectivity index (χ3v) is 23.3. The predicted octanol–water partition coefficient (Wildman–Crippen LogP) is -6.09. The molecule has 1 aliphatic carbocycles. The maximum absolute atomic E-state index is 15.5. The first-order chi connectivity index (χ1) is 66.0. The van der Waals surface area contributed by atoms with Crippen molar-refractivity contribution in [1.29, 1.82) is 5.41 Å². The summed E-state index contributed by atoms with van der Waals surface area (Å²) in [5.41, 5.74) is 24.3. The van der Waals surface area contributed by atoms with Crippen LogP contribution in [0.15, 0.2) is 78.3 Å². The molecule has 0 bridgehead atoms. The minimum atomic E-state index is -1.80. The summed E-state index contributed by atoms with van der Waals surface area (Å²) in [6, 6.07) is -2.21. The Kier molecular flexibility index (Phi) is 47.7. The largest absolute Gasteiger partial charge is 0.480 e. The fourth-order valence-corrected chi connectivity index (χ4v) is 15.6. The van der Waals surface area contributed by atoms with Gasteiger partial charge in [0.05, 0.1) is 57.6 Å². The second-order valence-corrected chi connectivity index (χ2v) is 34.6. The first-order valence-electron chi connectivity index (χ1n) is 46.6. The van der Waals surface area contributed by atoms with Crippen molar-refractivity contribution >= 4 is 129 Å². The van der Waals surface area contributed by atoms with Gasteiger partial charge in [0.2, 0.25) is 82.7 Å². The Labute approximate surface area is 797 Å². The van der Waals surface area contributed by atoms with Gasteiger partial charge in [0.1, 0.15) is 84.6 Å². The van der Waals surface area contributed by atoms with Crippen LogP contribution in [0.1, 0.15) is 160 Å². The van der Waals surface area contributed by atoms with Crippen molar-refractivity contribution in [1.82, 2.24) is 99.6 Å². The number of nitrogens with two attached hydrogens (primary N) is 4. The average Bonchev–Trinajstić information content (AvgIpc) is 1.65. The fraction of sp³-hybridized carbons (Fsp3) is 0.589. The molecule has 3 aliphatic rings. The standard InChI is InChI=1S/C90H135N25O23/c1-4-5-17-62(79(125)109-65-26-25-57(117)44-96-31-12-11-19-61(77(93)123)105-83(129)68(38-55-42-101-60-18-10-9-16-59(55)60)111-80(126)63(20-13-32-99-90(94)95)106-82(128)67(37-52-14-7-6-8-15-52)113-87(133)72-40-58(118)47-115(72)88(65)134)107-85(131)70(45-100-51(2)3)114-84(130)69(39-56-43-97-50-103-56)112-81(127)64(27-29-73(92)119)108-86(132)71(48-116)104-75(121)46-102-76(122)49-138-36-35-137-34-33-98-74(120)30-28-66(89(135)136)110-78(124)54-23-21-53(41-91)22-24-54/h6-10,14-16,18,42-43,50-51,53-54,58,62-72,96,100-101,116,118H,4-5,11-13,17,19-41,44-49,91H2,1-3H3,(H2,92,119)(H2,93,123)(H,97,103)(H,98,120)(H,102,122)(H,104,121)(H,106,128)(H,107,131)(H,108,132)(H,109,125)(H,110,124)(H,111,126)(H,112,127)(H,113,133)(H,114,130)(H,135,136)(H4,94,95,99)/t53?,54?,58-,62+,63+,64+,65+,66+,67-,68+,69+,70+,71+,72+/m1/s1. The predicted molar refractivity (Wildman–Crippen MR) is 499 cm³/mol. The number of unbranched alkanes of at least 4 members (excludes halogenated alkanes) is 1. The van der Waals surface area contributed by atoms with Crippen molar-refractivity contribution in [3.8, 4) is 0 Å². The number of amides is 16. The zero-order valence-electron chi connectivity index (χ0n) is 78.0. The molecule has 758 valence electrons. The van der Waals surface area contributed by atoms with E-state index in [-0.39, 0.29) is 152 Å². The van der Waals surface area contributed by atoms with E-state index in [2.05, 4.69) is 99.7 Å². The number of benzene rings is 2. The molecule has 2 aromatic heterocycles. The van der Waals surface area contributed by atoms with E-state index >= 15 is 19.2 Å². The number of hydrogen-bond acceptors (Lipinski definition) is 27. The molecule has 4 heterocycles. The quantitative estimate of drug-likeness (QED) is 0.0111. The molecule has 0 radical (unpaired) electrons. The van der Waals surface area contributed by atoms with Crippen LogP contribution in [0.25, 0.3) is 10.9 Å². The fourth-order valence-electron chi connectivity index (χ4n) is 15.6. The van der Waals surface area contributed by atoms with Crippen LogP contribution in [-0.2, 0) is 115 Å². The van der Waals surface area contributed by atoms with Gasteiger partial charge in [-0.05, 0) is 120 Å². The van der Waals surface area contributed by atoms with E-state index in [0.29, 0.717) is 53.8 Å². The molecule has 48 heteroatoms. The molecular formula is C90H135N25O23. The highest BCUT2D eigenvalue weighted by Crippen LogP contribution is 2.29. The van der Waals surface area contributed by atoms with Crippen LogP contribution >= 0.6 is 0 Å². The smallest absolute Gasteiger partial charge is 0.326 e. The van der Waals surface area contributed by atoms with E-state index in [9.17, 15) is 82.4 Å². The van der Waals surface area contributed by atoms with Gasteiger partial charge in [-0.25, -0.2) is 14.8 Å². The van der Waals surface area contributed by atoms with Crippen LogP contribution in [-0.4, -0.2) is 317 Å². The lowest BCUT2D eigenvalue weighted by Gasteiger charge is -2.31. The maximum Gasteiger partial charge on any atom is 0.326 e. The lowest BCUT2D eigenvalue weighted by atomic mass is 9.81. The molecule has 16 amide bonds. The first-order valence-corrected chi connectivity index (χ1v) is 46.6. The number of ketones is 1. The number of H-pyrrole nitrogens is 2. The lowest BCUT2D eigenvalue weighted by Crippen LogP contribution is -2.62. The molecule has 7 rings (SSSR count). The summed E-state index contributed by atoms with van der Waals surface area (Å²) in [6.45, 7) is 2.31. The van der Waals surface area contributed by atoms with Gasteiger partial charge in [-0.3, -0.25) is 86.9 Å². The molecule has 2 fully saturated rings. The van der Waals surface area contributed by atoms with Gasteiger partial charge in [0.25, 0.3) is 11.8 Å². The molecule has 2 aromatic carbocycles. The number of guanidine groups is 1. The Bertz CT molecular complexity index is 4800. The number of carbonyl (C=O) groups excluding carboxylic acids is 17. The molecule has 4 aromatic rings. The molecule has 138 heavy (non-hydrogen) atoms. The monoisotopic (exact) mass is 1930 g/mol. The number of para-hydroxylation sites is 1. The molecule has 2 aliphatic heterocycles. The van der Waals surface area contributed by atoms with Crippen LogP contribution in [0.5, 0.6) is 0 Å². The number of aromatic nitrogens is 3. The van der Waals surface area contributed by atoms with Gasteiger partial charge in [0.15, 0.2) is 5.96 Å². The summed E-state index contributed by atoms with van der Waals surface area (Å²) in [5.74, 6) is -16.8. The normalized spacial score (nSPS) is 20.2. The number of carbonyl (C=O) groups is 18. The summed E-state index contributed by atoms with van der Waals surface area (Å²) >= 11 is 0. The Morgan fingerprint density at radius 3 is 1.99 bits per heavy atom. The number of aliphatic imine (C=N–C) groups is 1. The minimum Gasteiger partial charge on any atom is -0.480 e. The Morgan fingerprint density at radius 2 is 1.30 bits per heavy atom. The van der Waals surface area contributed by atoms with Crippen molar-refractivity contribution in [2.24, 2.45) is 39.8 Å². The number of carboxylic acid groups (broad SMARTS) is 1. The molecule has 0 spiro atoms. The molecule has 12 atom stereocenters. The van der Waals surface area contributed by atoms with Gasteiger partial charge >= 0.3 is 5.97 Å². The number of nitrogens with zero attached hydrogens (tertiary/aromatic N) is 3. The van der Waals surface area contributed by atoms with Crippen molar-refractivity contribution < 1.29 is 111 Å². The molecular weight excluding hydrogens is 1800 g/mol. The Morgan fingerprint density at radius 1 is 0.645 bits per heavy atom. The van der Waals surface area contributed by atoms with Gasteiger partial charge in [0, 0.05) is 106 Å². The number of fused-ring (bicyclic) bond motifs is 2. The van der Waals surface area contributed by atoms with Crippen LogP contribution in [0.3, 0.4) is 0 Å². The maximum atomic E-state index is 15.5. The SMILES string of the molecule is CCCC[C@H](NC(=O)[C@H](CNC(C)C)NC(=O)[C@H](Cc1c[nH]cn1)NC(=O)[C@H](CCC(N)=O)NC(=O)[C@H](CO)NC(=O)CNC(=O)COCCOCCNC(=O)CC[C@H](NC(=O)C1CCC(CN)CC1)C(=O)O)C(=O)N[C@H]1CCC(=O)CNCCCCC(C(N)=O)=NC(=O)[C@H](Cc2c[nH]c3ccccc23)NC(=O)[C@H](CCCNC(=N)N)NC(=O)[C@@H](Cc2ccccc2)NC(=O)[C@@H]2C[C@@H](O)CN2C1=O. The Balaban J connectivity index is 1.03. The van der Waals surface area contributed by atoms with Gasteiger partial charge < -0.3 is 142 Å². The Hall–Kier alpha value is -13.3. The third kappa shape index (κ3) is 39.1. The number of aromatic amines is 2. The van der Waals surface area contributed by atoms with E-state index in [0.717, 1.165) is 17.7 Å². The van der Waals surface area contributed by atoms with Crippen LogP contribution < -0.4 is 103 Å². The number of Topliss-reactive ketones (excluding diaryl/α,β-unsaturated/α-hetero) is 1. The number of primary amides is 2. The number of ether oxygens (including phenoxy) is 2. The van der Waals surface area contributed by atoms with Crippen LogP contribution in [0.2, 0.25) is 0 Å². The summed E-state index contributed by atoms with van der Waals surface area (Å²) in [4.78, 5) is 266. The molecule has 0 unspecified atom stereocenters. The average molecular weight is 1940 g/mol. The number of rotatable bonds is 49. The van der Waals surface area contributed by atoms with Crippen LogP contribution in [0, 0.1) is 17.2 Å². The van der Waals surface area contributed by atoms with Gasteiger partial charge in [-0.15, -0.1) is 0 Å². The highest BCUT2D eigenvalue weighted by atomic mass is 16.5. The second kappa shape index (κ2) is 59.0. The zero-order valence-corrected chi connectivity index (χ0v) is 78.0. The number of aliphatic carboxylic acids is 1. The van der Waals surface area contributed by atoms with Gasteiger partial charge in [-0.1, -0.05) is 82.1 Å². The minimum absolute atomic E-state index is 0.0108. The van der Waals surface area contributed by atoms with Gasteiger partial charge in [-0.2, -0.15) is 0 Å². The number of aliphatic hydroxyl groups is 2. The number of hydrogen-bond donors (Lipinski definition) is 25. The van der Waals surface area contributed by atoms with E-state index in [1.165, 1.54) is 12.5 Å². The molecule has 29 N–H and O–H groups in total. The highest BCUT2D eigenvalue weighted by molar-refractivity contribution is 6.40. The van der Waals surface area contributed by atoms with E-state index in [4.69, 9.17) is 37.8 Å². The summed E-state index contributed by atoms with van der Waals surface area (Å²) < 4.78 is 10.7. The van der Waals surface area contributed by atoms with E-state index in [1.807, 2.05) is 0 Å². The molecule has 1 saturated heterocycles. The summed E-state index contributed by atoms with van der Waals surface area (Å²) in [6.07, 6.45) is 3.09. The lowest BCUT2D eigenvalue weighted by molar-refractivity contribution is -0.143. The van der Waals surface area contributed by atoms with Crippen LogP contribution in [0.4, 0.5) is 0 Å². The number of nitrogens with one attached hydrogen (secondary N) is 18. The van der Waals surface area contributed by atoms with Crippen molar-refractivity contribution in [3.05, 3.63) is 90.1 Å². The van der Waals surface area contributed by atoms with E-state index in [1.54, 1.807) is 81.6 Å². The summed E-state index contributed by atoms with van der Waals surface area (Å²) in [5, 5.41) is 79.4. The molecule has 1 saturated carbocycles. The van der Waals surface area contributed by atoms with Crippen molar-refractivity contribution in [3.63, 3.8) is 0 Å². The highest BCUT2D eigenvalue weighted by Gasteiger charge is 2.45. The topological polar surface area (TPSA) is 755 Å². The van der Waals surface area contributed by atoms with Crippen molar-refractivity contribution in [2.75, 3.05) is 85.4 Å². The number of imidazole rings is 1. The van der Waals surface area contributed by atoms with E-state index < -0.39 is 244 Å². The number of aliphatic hydroxyl groups excluding tert-OH is 2. The second-order valence-electron chi connectivity index (χ2n) is 34.6.